The second-order valence-corrected chi connectivity index (χ2v) is 6.23. The molecule has 1 aliphatic rings. The summed E-state index contributed by atoms with van der Waals surface area (Å²) in [6.45, 7) is 0.807. The summed E-state index contributed by atoms with van der Waals surface area (Å²) in [7, 11) is 0. The lowest BCUT2D eigenvalue weighted by Gasteiger charge is -2.13. The van der Waals surface area contributed by atoms with Crippen LogP contribution in [0.5, 0.6) is 11.5 Å². The van der Waals surface area contributed by atoms with Gasteiger partial charge in [0.25, 0.3) is 0 Å². The summed E-state index contributed by atoms with van der Waals surface area (Å²) >= 11 is 9.58. The van der Waals surface area contributed by atoms with E-state index in [0.717, 1.165) is 28.1 Å². The van der Waals surface area contributed by atoms with Gasteiger partial charge in [0.15, 0.2) is 0 Å². The van der Waals surface area contributed by atoms with E-state index in [4.69, 9.17) is 16.3 Å². The van der Waals surface area contributed by atoms with Crippen molar-refractivity contribution >= 4 is 27.5 Å². The molecule has 2 nitrogen and oxygen atoms in total. The lowest BCUT2D eigenvalue weighted by Crippen LogP contribution is -2.15. The second-order valence-electron chi connectivity index (χ2n) is 4.94. The molecule has 2 aromatic rings. The highest BCUT2D eigenvalue weighted by atomic mass is 79.9. The molecule has 0 aromatic heterocycles. The number of hydrogen-bond donors (Lipinski definition) is 1. The molecule has 1 N–H and O–H groups in total. The van der Waals surface area contributed by atoms with Crippen molar-refractivity contribution in [2.45, 2.75) is 25.4 Å². The summed E-state index contributed by atoms with van der Waals surface area (Å²) in [4.78, 5) is 0. The monoisotopic (exact) mass is 351 g/mol. The molecule has 1 saturated carbocycles. The number of para-hydroxylation sites is 1. The van der Waals surface area contributed by atoms with Crippen molar-refractivity contribution in [1.82, 2.24) is 5.32 Å². The maximum atomic E-state index is 6.09. The van der Waals surface area contributed by atoms with Crippen molar-refractivity contribution in [2.24, 2.45) is 0 Å². The zero-order chi connectivity index (χ0) is 13.9. The zero-order valence-corrected chi connectivity index (χ0v) is 13.2. The molecule has 1 fully saturated rings. The van der Waals surface area contributed by atoms with Gasteiger partial charge in [-0.05, 0) is 53.0 Å². The van der Waals surface area contributed by atoms with E-state index >= 15 is 0 Å². The molecule has 20 heavy (non-hydrogen) atoms. The molecule has 0 radical (unpaired) electrons. The van der Waals surface area contributed by atoms with Gasteiger partial charge in [-0.15, -0.1) is 0 Å². The molecule has 0 bridgehead atoms. The van der Waals surface area contributed by atoms with Crippen molar-refractivity contribution in [2.75, 3.05) is 0 Å². The topological polar surface area (TPSA) is 21.3 Å². The fourth-order valence-electron chi connectivity index (χ4n) is 1.96. The van der Waals surface area contributed by atoms with Crippen LogP contribution in [0.1, 0.15) is 18.4 Å². The van der Waals surface area contributed by atoms with E-state index in [1.54, 1.807) is 0 Å². The van der Waals surface area contributed by atoms with Crippen LogP contribution in [0.4, 0.5) is 0 Å². The van der Waals surface area contributed by atoms with Gasteiger partial charge in [-0.2, -0.15) is 0 Å². The molecule has 0 amide bonds. The standard InChI is InChI=1S/C16H15BrClNO/c17-14-3-1-2-4-15(14)20-16-9-12(18)6-5-11(16)10-19-13-7-8-13/h1-6,9,13,19H,7-8,10H2. The molecule has 3 rings (SSSR count). The molecule has 0 spiro atoms. The molecule has 2 aromatic carbocycles. The average molecular weight is 353 g/mol. The summed E-state index contributed by atoms with van der Waals surface area (Å²) < 4.78 is 6.93. The number of hydrogen-bond acceptors (Lipinski definition) is 2. The summed E-state index contributed by atoms with van der Waals surface area (Å²) in [5.74, 6) is 1.60. The van der Waals surface area contributed by atoms with Crippen LogP contribution in [-0.4, -0.2) is 6.04 Å². The number of nitrogens with one attached hydrogen (secondary N) is 1. The van der Waals surface area contributed by atoms with E-state index in [-0.39, 0.29) is 0 Å². The van der Waals surface area contributed by atoms with Crippen LogP contribution in [0.15, 0.2) is 46.9 Å². The van der Waals surface area contributed by atoms with E-state index in [0.29, 0.717) is 11.1 Å². The predicted octanol–water partition coefficient (Wildman–Crippen LogP) is 5.15. The summed E-state index contributed by atoms with van der Waals surface area (Å²) in [6, 6.07) is 14.3. The Morgan fingerprint density at radius 2 is 1.95 bits per heavy atom. The zero-order valence-electron chi connectivity index (χ0n) is 10.9. The minimum absolute atomic E-state index is 0.669. The van der Waals surface area contributed by atoms with Gasteiger partial charge < -0.3 is 10.1 Å². The Bertz CT molecular complexity index is 613. The van der Waals surface area contributed by atoms with Crippen LogP contribution in [0.2, 0.25) is 5.02 Å². The van der Waals surface area contributed by atoms with E-state index < -0.39 is 0 Å². The third-order valence-corrected chi connectivity index (χ3v) is 4.13. The van der Waals surface area contributed by atoms with Gasteiger partial charge in [0, 0.05) is 23.2 Å². The van der Waals surface area contributed by atoms with Crippen molar-refractivity contribution < 1.29 is 4.74 Å². The van der Waals surface area contributed by atoms with Gasteiger partial charge >= 0.3 is 0 Å². The average Bonchev–Trinajstić information content (AvgIpc) is 3.25. The molecule has 0 atom stereocenters. The lowest BCUT2D eigenvalue weighted by atomic mass is 10.2. The van der Waals surface area contributed by atoms with Crippen LogP contribution < -0.4 is 10.1 Å². The molecule has 0 heterocycles. The summed E-state index contributed by atoms with van der Waals surface area (Å²) in [6.07, 6.45) is 2.54. The maximum absolute atomic E-state index is 6.09. The quantitative estimate of drug-likeness (QED) is 0.804. The van der Waals surface area contributed by atoms with Crippen LogP contribution in [0, 0.1) is 0 Å². The van der Waals surface area contributed by atoms with Gasteiger partial charge in [-0.3, -0.25) is 0 Å². The van der Waals surface area contributed by atoms with Crippen molar-refractivity contribution in [1.29, 1.82) is 0 Å². The predicted molar refractivity (Wildman–Crippen MR) is 85.5 cm³/mol. The SMILES string of the molecule is Clc1ccc(CNC2CC2)c(Oc2ccccc2Br)c1. The molecule has 104 valence electrons. The van der Waals surface area contributed by atoms with Gasteiger partial charge in [0.05, 0.1) is 4.47 Å². The highest BCUT2D eigenvalue weighted by Gasteiger charge is 2.20. The second kappa shape index (κ2) is 6.17. The Balaban J connectivity index is 1.82. The van der Waals surface area contributed by atoms with Crippen molar-refractivity contribution in [3.63, 3.8) is 0 Å². The Hall–Kier alpha value is -1.03. The molecule has 0 saturated heterocycles. The first-order valence-corrected chi connectivity index (χ1v) is 7.83. The van der Waals surface area contributed by atoms with E-state index in [1.807, 2.05) is 42.5 Å². The molecule has 4 heteroatoms. The fraction of sp³-hybridized carbons (Fsp3) is 0.250. The van der Waals surface area contributed by atoms with Crippen molar-refractivity contribution in [3.05, 3.63) is 57.5 Å². The van der Waals surface area contributed by atoms with E-state index in [1.165, 1.54) is 12.8 Å². The van der Waals surface area contributed by atoms with Crippen LogP contribution >= 0.6 is 27.5 Å². The first kappa shape index (κ1) is 13.9. The number of benzene rings is 2. The number of ether oxygens (including phenoxy) is 1. The van der Waals surface area contributed by atoms with Crippen LogP contribution in [-0.2, 0) is 6.54 Å². The molecule has 0 aliphatic heterocycles. The highest BCUT2D eigenvalue weighted by molar-refractivity contribution is 9.10. The minimum Gasteiger partial charge on any atom is -0.456 e. The van der Waals surface area contributed by atoms with Crippen LogP contribution in [0.25, 0.3) is 0 Å². The first-order chi connectivity index (χ1) is 9.72. The normalized spacial score (nSPS) is 14.3. The highest BCUT2D eigenvalue weighted by Crippen LogP contribution is 2.33. The molecular formula is C16H15BrClNO. The van der Waals surface area contributed by atoms with Gasteiger partial charge in [0.1, 0.15) is 11.5 Å². The Morgan fingerprint density at radius 1 is 1.15 bits per heavy atom. The molecule has 1 aliphatic carbocycles. The third kappa shape index (κ3) is 3.54. The maximum Gasteiger partial charge on any atom is 0.141 e. The molecular weight excluding hydrogens is 338 g/mol. The Kier molecular flexibility index (Phi) is 4.29. The first-order valence-electron chi connectivity index (χ1n) is 6.66. The smallest absolute Gasteiger partial charge is 0.141 e. The fourth-order valence-corrected chi connectivity index (χ4v) is 2.48. The summed E-state index contributed by atoms with van der Waals surface area (Å²) in [5.41, 5.74) is 1.12. The Labute approximate surface area is 132 Å². The van der Waals surface area contributed by atoms with E-state index in [2.05, 4.69) is 21.2 Å². The number of rotatable bonds is 5. The largest absolute Gasteiger partial charge is 0.456 e. The van der Waals surface area contributed by atoms with Crippen molar-refractivity contribution in [3.8, 4) is 11.5 Å². The molecule has 0 unspecified atom stereocenters. The Morgan fingerprint density at radius 3 is 2.70 bits per heavy atom. The van der Waals surface area contributed by atoms with Gasteiger partial charge in [-0.25, -0.2) is 0 Å². The van der Waals surface area contributed by atoms with Crippen LogP contribution in [0.3, 0.4) is 0 Å². The van der Waals surface area contributed by atoms with Gasteiger partial charge in [0.2, 0.25) is 0 Å². The summed E-state index contributed by atoms with van der Waals surface area (Å²) in [5, 5.41) is 4.18. The van der Waals surface area contributed by atoms with Gasteiger partial charge in [-0.1, -0.05) is 29.8 Å². The number of halogens is 2. The lowest BCUT2D eigenvalue weighted by molar-refractivity contribution is 0.469. The third-order valence-electron chi connectivity index (χ3n) is 3.24. The van der Waals surface area contributed by atoms with E-state index in [9.17, 15) is 0 Å². The minimum atomic E-state index is 0.669.